The predicted molar refractivity (Wildman–Crippen MR) is 105 cm³/mol. The molecular weight excluding hydrogens is 413 g/mol. The van der Waals surface area contributed by atoms with Crippen molar-refractivity contribution in [2.24, 2.45) is 0 Å². The summed E-state index contributed by atoms with van der Waals surface area (Å²) in [5.74, 6) is 0.526. The number of nitrogens with one attached hydrogen (secondary N) is 1. The number of hydrogen-bond acceptors (Lipinski definition) is 2. The molecule has 0 aliphatic rings. The van der Waals surface area contributed by atoms with Gasteiger partial charge in [0.15, 0.2) is 0 Å². The maximum absolute atomic E-state index is 12.6. The molecule has 3 aromatic rings. The highest BCUT2D eigenvalue weighted by molar-refractivity contribution is 14.1. The number of aryl methyl sites for hydroxylation is 3. The number of amides is 1. The number of aromatic nitrogens is 2. The molecule has 1 heterocycles. The molecule has 0 unspecified atom stereocenters. The Morgan fingerprint density at radius 1 is 1.04 bits per heavy atom. The van der Waals surface area contributed by atoms with Crippen molar-refractivity contribution in [1.29, 1.82) is 0 Å². The Morgan fingerprint density at radius 2 is 1.75 bits per heavy atom. The van der Waals surface area contributed by atoms with Crippen LogP contribution in [0.25, 0.3) is 5.69 Å². The minimum Gasteiger partial charge on any atom is -0.306 e. The van der Waals surface area contributed by atoms with Crippen LogP contribution in [-0.2, 0) is 0 Å². The zero-order valence-corrected chi connectivity index (χ0v) is 16.0. The van der Waals surface area contributed by atoms with Crippen LogP contribution in [0.15, 0.2) is 48.5 Å². The first-order valence-corrected chi connectivity index (χ1v) is 8.73. The smallest absolute Gasteiger partial charge is 0.256 e. The molecule has 0 saturated carbocycles. The summed E-state index contributed by atoms with van der Waals surface area (Å²) in [5, 5.41) is 7.46. The first-order valence-electron chi connectivity index (χ1n) is 7.65. The van der Waals surface area contributed by atoms with E-state index in [0.717, 1.165) is 20.5 Å². The fourth-order valence-corrected chi connectivity index (χ4v) is 2.91. The zero-order chi connectivity index (χ0) is 17.3. The normalized spacial score (nSPS) is 10.7. The molecule has 0 fully saturated rings. The molecule has 0 aliphatic heterocycles. The molecule has 0 atom stereocenters. The molecule has 1 amide bonds. The lowest BCUT2D eigenvalue weighted by molar-refractivity contribution is 0.102. The molecule has 2 aromatic carbocycles. The Kier molecular flexibility index (Phi) is 4.71. The predicted octanol–water partition coefficient (Wildman–Crippen LogP) is 4.65. The number of nitrogens with zero attached hydrogens (tertiary/aromatic N) is 2. The van der Waals surface area contributed by atoms with E-state index in [1.54, 1.807) is 4.68 Å². The van der Waals surface area contributed by atoms with Gasteiger partial charge in [0, 0.05) is 15.2 Å². The second kappa shape index (κ2) is 6.76. The standard InChI is InChI=1S/C19H18IN3O/c1-12-4-8-16(9-5-12)23-18(10-14(3)22-23)21-19(24)15-7-6-13(2)17(20)11-15/h4-11H,1-3H3,(H,21,24). The van der Waals surface area contributed by atoms with Crippen molar-refractivity contribution in [2.75, 3.05) is 5.32 Å². The highest BCUT2D eigenvalue weighted by Crippen LogP contribution is 2.19. The molecule has 5 heteroatoms. The summed E-state index contributed by atoms with van der Waals surface area (Å²) in [5.41, 5.74) is 4.75. The maximum atomic E-state index is 12.6. The fourth-order valence-electron chi connectivity index (χ4n) is 2.39. The number of carbonyl (C=O) groups is 1. The van der Waals surface area contributed by atoms with Crippen LogP contribution >= 0.6 is 22.6 Å². The van der Waals surface area contributed by atoms with Crippen molar-refractivity contribution in [3.05, 3.63) is 74.5 Å². The first kappa shape index (κ1) is 16.7. The Hall–Kier alpha value is -2.15. The van der Waals surface area contributed by atoms with Crippen molar-refractivity contribution in [3.63, 3.8) is 0 Å². The minimum absolute atomic E-state index is 0.138. The van der Waals surface area contributed by atoms with Crippen LogP contribution in [-0.4, -0.2) is 15.7 Å². The van der Waals surface area contributed by atoms with E-state index in [4.69, 9.17) is 0 Å². The summed E-state index contributed by atoms with van der Waals surface area (Å²) >= 11 is 2.24. The van der Waals surface area contributed by atoms with Gasteiger partial charge in [0.2, 0.25) is 0 Å². The van der Waals surface area contributed by atoms with Crippen molar-refractivity contribution in [3.8, 4) is 5.69 Å². The van der Waals surface area contributed by atoms with Crippen molar-refractivity contribution >= 4 is 34.3 Å². The van der Waals surface area contributed by atoms with Crippen LogP contribution in [0.2, 0.25) is 0 Å². The first-order chi connectivity index (χ1) is 11.4. The summed E-state index contributed by atoms with van der Waals surface area (Å²) in [6, 6.07) is 15.6. The number of carbonyl (C=O) groups excluding carboxylic acids is 1. The number of benzene rings is 2. The van der Waals surface area contributed by atoms with E-state index >= 15 is 0 Å². The van der Waals surface area contributed by atoms with Crippen molar-refractivity contribution in [2.45, 2.75) is 20.8 Å². The van der Waals surface area contributed by atoms with Crippen LogP contribution in [0.4, 0.5) is 5.82 Å². The monoisotopic (exact) mass is 431 g/mol. The van der Waals surface area contributed by atoms with Gasteiger partial charge in [-0.15, -0.1) is 0 Å². The molecule has 3 rings (SSSR count). The van der Waals surface area contributed by atoms with Crippen LogP contribution in [0, 0.1) is 24.3 Å². The molecule has 24 heavy (non-hydrogen) atoms. The lowest BCUT2D eigenvalue weighted by Gasteiger charge is -2.10. The molecule has 0 radical (unpaired) electrons. The Balaban J connectivity index is 1.91. The molecule has 1 N–H and O–H groups in total. The third kappa shape index (κ3) is 3.51. The summed E-state index contributed by atoms with van der Waals surface area (Å²) in [6.07, 6.45) is 0. The summed E-state index contributed by atoms with van der Waals surface area (Å²) in [6.45, 7) is 5.98. The lowest BCUT2D eigenvalue weighted by atomic mass is 10.1. The largest absolute Gasteiger partial charge is 0.306 e. The average Bonchev–Trinajstić information content (AvgIpc) is 2.91. The number of anilines is 1. The van der Waals surface area contributed by atoms with E-state index in [1.807, 2.05) is 69.3 Å². The highest BCUT2D eigenvalue weighted by atomic mass is 127. The maximum Gasteiger partial charge on any atom is 0.256 e. The van der Waals surface area contributed by atoms with Gasteiger partial charge in [-0.05, 0) is 73.2 Å². The van der Waals surface area contributed by atoms with Crippen molar-refractivity contribution < 1.29 is 4.79 Å². The van der Waals surface area contributed by atoms with Gasteiger partial charge in [0.1, 0.15) is 5.82 Å². The van der Waals surface area contributed by atoms with Crippen LogP contribution in [0.3, 0.4) is 0 Å². The quantitative estimate of drug-likeness (QED) is 0.614. The van der Waals surface area contributed by atoms with E-state index in [2.05, 4.69) is 33.0 Å². The SMILES string of the molecule is Cc1ccc(-n2nc(C)cc2NC(=O)c2ccc(C)c(I)c2)cc1. The second-order valence-corrected chi connectivity index (χ2v) is 7.00. The van der Waals surface area contributed by atoms with Gasteiger partial charge in [0.05, 0.1) is 11.4 Å². The second-order valence-electron chi connectivity index (χ2n) is 5.84. The Labute approximate surface area is 155 Å². The van der Waals surface area contributed by atoms with Gasteiger partial charge in [0.25, 0.3) is 5.91 Å². The van der Waals surface area contributed by atoms with Gasteiger partial charge in [-0.1, -0.05) is 23.8 Å². The topological polar surface area (TPSA) is 46.9 Å². The molecule has 0 aliphatic carbocycles. The molecule has 0 saturated heterocycles. The Bertz CT molecular complexity index is 897. The summed E-state index contributed by atoms with van der Waals surface area (Å²) in [7, 11) is 0. The molecule has 0 bridgehead atoms. The molecule has 4 nitrogen and oxygen atoms in total. The molecule has 1 aromatic heterocycles. The Morgan fingerprint density at radius 3 is 2.42 bits per heavy atom. The van der Waals surface area contributed by atoms with Gasteiger partial charge in [-0.25, -0.2) is 4.68 Å². The minimum atomic E-state index is -0.138. The summed E-state index contributed by atoms with van der Waals surface area (Å²) < 4.78 is 2.83. The summed E-state index contributed by atoms with van der Waals surface area (Å²) in [4.78, 5) is 12.6. The van der Waals surface area contributed by atoms with Crippen molar-refractivity contribution in [1.82, 2.24) is 9.78 Å². The van der Waals surface area contributed by atoms with Gasteiger partial charge in [-0.2, -0.15) is 5.10 Å². The average molecular weight is 431 g/mol. The van der Waals surface area contributed by atoms with E-state index in [-0.39, 0.29) is 5.91 Å². The van der Waals surface area contributed by atoms with E-state index < -0.39 is 0 Å². The van der Waals surface area contributed by atoms with E-state index in [1.165, 1.54) is 5.56 Å². The van der Waals surface area contributed by atoms with E-state index in [9.17, 15) is 4.79 Å². The molecule has 122 valence electrons. The third-order valence-corrected chi connectivity index (χ3v) is 4.95. The zero-order valence-electron chi connectivity index (χ0n) is 13.8. The number of halogens is 1. The van der Waals surface area contributed by atoms with Gasteiger partial charge >= 0.3 is 0 Å². The van der Waals surface area contributed by atoms with Gasteiger partial charge in [-0.3, -0.25) is 4.79 Å². The van der Waals surface area contributed by atoms with E-state index in [0.29, 0.717) is 11.4 Å². The van der Waals surface area contributed by atoms with Crippen LogP contribution in [0.5, 0.6) is 0 Å². The number of rotatable bonds is 3. The van der Waals surface area contributed by atoms with Crippen LogP contribution in [0.1, 0.15) is 27.2 Å². The lowest BCUT2D eigenvalue weighted by Crippen LogP contribution is -2.15. The molecule has 0 spiro atoms. The number of hydrogen-bond donors (Lipinski definition) is 1. The molecular formula is C19H18IN3O. The van der Waals surface area contributed by atoms with Gasteiger partial charge < -0.3 is 5.32 Å². The highest BCUT2D eigenvalue weighted by Gasteiger charge is 2.13. The fraction of sp³-hybridized carbons (Fsp3) is 0.158. The van der Waals surface area contributed by atoms with Crippen LogP contribution < -0.4 is 5.32 Å². The third-order valence-electron chi connectivity index (χ3n) is 3.79.